The number of anilines is 1. The molecule has 2 N–H and O–H groups in total. The summed E-state index contributed by atoms with van der Waals surface area (Å²) in [5.41, 5.74) is 3.54. The van der Waals surface area contributed by atoms with E-state index in [1.165, 1.54) is 12.1 Å². The molecule has 1 aliphatic rings. The summed E-state index contributed by atoms with van der Waals surface area (Å²) in [7, 11) is 0. The van der Waals surface area contributed by atoms with Gasteiger partial charge in [-0.15, -0.1) is 0 Å². The third-order valence-electron chi connectivity index (χ3n) is 4.50. The maximum absolute atomic E-state index is 12.3. The average molecular weight is 437 g/mol. The second-order valence-electron chi connectivity index (χ2n) is 6.51. The van der Waals surface area contributed by atoms with Crippen LogP contribution in [0.3, 0.4) is 0 Å². The first-order valence-electron chi connectivity index (χ1n) is 9.03. The van der Waals surface area contributed by atoms with Gasteiger partial charge in [-0.1, -0.05) is 18.0 Å². The summed E-state index contributed by atoms with van der Waals surface area (Å²) < 4.78 is 5.70. The maximum atomic E-state index is 12.3. The van der Waals surface area contributed by atoms with Gasteiger partial charge in [0, 0.05) is 11.6 Å². The van der Waals surface area contributed by atoms with Gasteiger partial charge in [0.1, 0.15) is 17.5 Å². The molecule has 0 atom stereocenters. The molecule has 0 radical (unpaired) electrons. The van der Waals surface area contributed by atoms with Crippen LogP contribution in [0.1, 0.15) is 42.5 Å². The number of benzene rings is 1. The molecule has 3 rings (SSSR count). The van der Waals surface area contributed by atoms with Crippen molar-refractivity contribution in [3.8, 4) is 5.88 Å². The molecule has 1 fully saturated rings. The van der Waals surface area contributed by atoms with Crippen LogP contribution < -0.4 is 15.6 Å². The number of hydrazine groups is 1. The molecular weight excluding hydrogens is 420 g/mol. The Morgan fingerprint density at radius 3 is 2.53 bits per heavy atom. The number of halogens is 1. The fraction of sp³-hybridized carbons (Fsp3) is 0.353. The number of hydrogen-bond donors (Lipinski definition) is 2. The SMILES string of the molecule is O=C(NNc1ncnc(OC2CCCCC2)c1[N+](=O)[O-])c1ccc(Cl)c([N+](=O)[O-])c1. The van der Waals surface area contributed by atoms with Crippen LogP contribution >= 0.6 is 11.6 Å². The Balaban J connectivity index is 1.77. The molecule has 1 heterocycles. The zero-order chi connectivity index (χ0) is 21.7. The molecule has 13 heteroatoms. The molecule has 0 aliphatic heterocycles. The first-order chi connectivity index (χ1) is 14.4. The lowest BCUT2D eigenvalue weighted by Crippen LogP contribution is -2.30. The standard InChI is InChI=1S/C17H17ClN6O6/c18-12-7-6-10(8-13(12)23(26)27)16(25)22-21-15-14(24(28)29)17(20-9-19-15)30-11-4-2-1-3-5-11/h6-9,11H,1-5H2,(H,22,25)(H,19,20,21). The molecule has 0 saturated heterocycles. The number of carbonyl (C=O) groups is 1. The molecule has 158 valence electrons. The highest BCUT2D eigenvalue weighted by molar-refractivity contribution is 6.32. The number of nitro groups is 2. The highest BCUT2D eigenvalue weighted by Gasteiger charge is 2.28. The first kappa shape index (κ1) is 21.2. The molecule has 1 aromatic carbocycles. The van der Waals surface area contributed by atoms with Crippen molar-refractivity contribution >= 4 is 34.7 Å². The summed E-state index contributed by atoms with van der Waals surface area (Å²) in [6, 6.07) is 3.47. The molecule has 0 spiro atoms. The number of carbonyl (C=O) groups excluding carboxylic acids is 1. The largest absolute Gasteiger partial charge is 0.469 e. The number of nitrogens with zero attached hydrogens (tertiary/aromatic N) is 4. The Morgan fingerprint density at radius 2 is 1.87 bits per heavy atom. The van der Waals surface area contributed by atoms with Gasteiger partial charge in [0.2, 0.25) is 5.82 Å². The van der Waals surface area contributed by atoms with Gasteiger partial charge in [-0.25, -0.2) is 4.98 Å². The van der Waals surface area contributed by atoms with E-state index in [2.05, 4.69) is 20.8 Å². The fourth-order valence-corrected chi connectivity index (χ4v) is 3.21. The molecule has 1 aromatic heterocycles. The van der Waals surface area contributed by atoms with Crippen LogP contribution in [-0.2, 0) is 0 Å². The Hall–Kier alpha value is -3.54. The van der Waals surface area contributed by atoms with E-state index in [0.717, 1.165) is 44.5 Å². The maximum Gasteiger partial charge on any atom is 0.374 e. The van der Waals surface area contributed by atoms with Crippen molar-refractivity contribution in [1.82, 2.24) is 15.4 Å². The van der Waals surface area contributed by atoms with Gasteiger partial charge in [0.25, 0.3) is 17.5 Å². The van der Waals surface area contributed by atoms with E-state index in [9.17, 15) is 25.0 Å². The number of aromatic nitrogens is 2. The minimum Gasteiger partial charge on any atom is -0.469 e. The summed E-state index contributed by atoms with van der Waals surface area (Å²) in [5.74, 6) is -1.25. The lowest BCUT2D eigenvalue weighted by atomic mass is 9.98. The van der Waals surface area contributed by atoms with Crippen molar-refractivity contribution in [3.05, 3.63) is 55.3 Å². The molecule has 12 nitrogen and oxygen atoms in total. The Labute approximate surface area is 174 Å². The summed E-state index contributed by atoms with van der Waals surface area (Å²) in [4.78, 5) is 41.0. The summed E-state index contributed by atoms with van der Waals surface area (Å²) in [6.45, 7) is 0. The van der Waals surface area contributed by atoms with Crippen LogP contribution in [0, 0.1) is 20.2 Å². The lowest BCUT2D eigenvalue weighted by Gasteiger charge is -2.22. The van der Waals surface area contributed by atoms with Gasteiger partial charge in [0.05, 0.1) is 9.85 Å². The predicted molar refractivity (Wildman–Crippen MR) is 105 cm³/mol. The predicted octanol–water partition coefficient (Wildman–Crippen LogP) is 3.41. The Kier molecular flexibility index (Phi) is 6.57. The van der Waals surface area contributed by atoms with Crippen LogP contribution in [0.5, 0.6) is 5.88 Å². The second kappa shape index (κ2) is 9.31. The zero-order valence-electron chi connectivity index (χ0n) is 15.5. The smallest absolute Gasteiger partial charge is 0.374 e. The lowest BCUT2D eigenvalue weighted by molar-refractivity contribution is -0.385. The zero-order valence-corrected chi connectivity index (χ0v) is 16.3. The third kappa shape index (κ3) is 4.89. The van der Waals surface area contributed by atoms with Gasteiger partial charge in [-0.2, -0.15) is 4.98 Å². The molecule has 1 aliphatic carbocycles. The Morgan fingerprint density at radius 1 is 1.13 bits per heavy atom. The molecule has 2 aromatic rings. The fourth-order valence-electron chi connectivity index (χ4n) is 3.03. The van der Waals surface area contributed by atoms with Gasteiger partial charge >= 0.3 is 5.69 Å². The normalized spacial score (nSPS) is 14.0. The monoisotopic (exact) mass is 436 g/mol. The molecule has 1 saturated carbocycles. The van der Waals surface area contributed by atoms with Crippen LogP contribution in [0.25, 0.3) is 0 Å². The summed E-state index contributed by atoms with van der Waals surface area (Å²) in [6.07, 6.45) is 5.48. The van der Waals surface area contributed by atoms with E-state index < -0.39 is 27.1 Å². The molecule has 30 heavy (non-hydrogen) atoms. The van der Waals surface area contributed by atoms with Crippen LogP contribution in [0.4, 0.5) is 17.2 Å². The number of amides is 1. The van der Waals surface area contributed by atoms with Gasteiger partial charge in [-0.05, 0) is 37.8 Å². The molecular formula is C17H17ClN6O6. The number of nitro benzene ring substituents is 1. The van der Waals surface area contributed by atoms with E-state index in [-0.39, 0.29) is 28.4 Å². The van der Waals surface area contributed by atoms with Crippen molar-refractivity contribution in [2.45, 2.75) is 38.2 Å². The second-order valence-corrected chi connectivity index (χ2v) is 6.92. The summed E-state index contributed by atoms with van der Waals surface area (Å²) >= 11 is 5.73. The molecule has 0 unspecified atom stereocenters. The van der Waals surface area contributed by atoms with Crippen molar-refractivity contribution in [1.29, 1.82) is 0 Å². The van der Waals surface area contributed by atoms with Crippen LogP contribution in [0.15, 0.2) is 24.5 Å². The van der Waals surface area contributed by atoms with Crippen LogP contribution in [-0.4, -0.2) is 31.8 Å². The van der Waals surface area contributed by atoms with E-state index in [1.807, 2.05) is 0 Å². The quantitative estimate of drug-likeness (QED) is 0.488. The topological polar surface area (TPSA) is 162 Å². The van der Waals surface area contributed by atoms with E-state index in [1.54, 1.807) is 0 Å². The number of hydrogen-bond acceptors (Lipinski definition) is 9. The van der Waals surface area contributed by atoms with Gasteiger partial charge in [0.15, 0.2) is 0 Å². The average Bonchev–Trinajstić information content (AvgIpc) is 2.72. The van der Waals surface area contributed by atoms with E-state index in [0.29, 0.717) is 0 Å². The highest BCUT2D eigenvalue weighted by Crippen LogP contribution is 2.33. The van der Waals surface area contributed by atoms with Crippen molar-refractivity contribution in [2.75, 3.05) is 5.43 Å². The number of nitrogens with one attached hydrogen (secondary N) is 2. The van der Waals surface area contributed by atoms with Crippen molar-refractivity contribution in [3.63, 3.8) is 0 Å². The van der Waals surface area contributed by atoms with E-state index >= 15 is 0 Å². The van der Waals surface area contributed by atoms with Crippen molar-refractivity contribution in [2.24, 2.45) is 0 Å². The third-order valence-corrected chi connectivity index (χ3v) is 4.82. The van der Waals surface area contributed by atoms with Crippen molar-refractivity contribution < 1.29 is 19.4 Å². The highest BCUT2D eigenvalue weighted by atomic mass is 35.5. The number of ether oxygens (including phenoxy) is 1. The minimum absolute atomic E-state index is 0.0750. The van der Waals surface area contributed by atoms with E-state index in [4.69, 9.17) is 16.3 Å². The minimum atomic E-state index is -0.780. The van der Waals surface area contributed by atoms with Crippen LogP contribution in [0.2, 0.25) is 5.02 Å². The molecule has 0 bridgehead atoms. The number of rotatable bonds is 7. The first-order valence-corrected chi connectivity index (χ1v) is 9.41. The Bertz CT molecular complexity index is 981. The molecule has 1 amide bonds. The van der Waals surface area contributed by atoms with Gasteiger partial charge < -0.3 is 4.74 Å². The summed E-state index contributed by atoms with van der Waals surface area (Å²) in [5, 5.41) is 22.4. The van der Waals surface area contributed by atoms with Gasteiger partial charge in [-0.3, -0.25) is 35.9 Å².